The third-order valence-electron chi connectivity index (χ3n) is 5.24. The minimum absolute atomic E-state index is 0.0639. The van der Waals surface area contributed by atoms with Crippen LogP contribution < -0.4 is 10.1 Å². The van der Waals surface area contributed by atoms with Crippen LogP contribution >= 0.6 is 11.6 Å². The van der Waals surface area contributed by atoms with Crippen LogP contribution in [0, 0.1) is 11.7 Å². The SMILES string of the molecule is COc1ccc(S(=O)(=O)N2CCCC(C(=O)NC(C)c3ccc(F)cc3)C2)cc1Cl. The van der Waals surface area contributed by atoms with Crippen molar-refractivity contribution in [3.05, 3.63) is 58.9 Å². The van der Waals surface area contributed by atoms with Crippen LogP contribution in [0.2, 0.25) is 5.02 Å². The normalized spacial score (nSPS) is 18.6. The molecule has 9 heteroatoms. The molecule has 0 aromatic heterocycles. The lowest BCUT2D eigenvalue weighted by atomic mass is 9.98. The maximum atomic E-state index is 13.1. The van der Waals surface area contributed by atoms with Crippen molar-refractivity contribution in [2.75, 3.05) is 20.2 Å². The molecule has 2 unspecified atom stereocenters. The van der Waals surface area contributed by atoms with E-state index in [0.29, 0.717) is 25.1 Å². The van der Waals surface area contributed by atoms with Crippen molar-refractivity contribution >= 4 is 27.5 Å². The molecule has 30 heavy (non-hydrogen) atoms. The van der Waals surface area contributed by atoms with E-state index in [1.165, 1.54) is 41.7 Å². The van der Waals surface area contributed by atoms with E-state index >= 15 is 0 Å². The largest absolute Gasteiger partial charge is 0.495 e. The molecular formula is C21H24ClFN2O4S. The van der Waals surface area contributed by atoms with Gasteiger partial charge in [-0.15, -0.1) is 0 Å². The van der Waals surface area contributed by atoms with Gasteiger partial charge in [-0.25, -0.2) is 12.8 Å². The zero-order valence-corrected chi connectivity index (χ0v) is 18.3. The summed E-state index contributed by atoms with van der Waals surface area (Å²) >= 11 is 6.08. The van der Waals surface area contributed by atoms with Crippen molar-refractivity contribution in [1.82, 2.24) is 9.62 Å². The first-order chi connectivity index (χ1) is 14.2. The van der Waals surface area contributed by atoms with Gasteiger partial charge in [-0.05, 0) is 55.7 Å². The Morgan fingerprint density at radius 3 is 2.60 bits per heavy atom. The number of ether oxygens (including phenoxy) is 1. The number of carbonyl (C=O) groups excluding carboxylic acids is 1. The summed E-state index contributed by atoms with van der Waals surface area (Å²) in [5.41, 5.74) is 0.776. The van der Waals surface area contributed by atoms with Crippen LogP contribution in [0.1, 0.15) is 31.4 Å². The highest BCUT2D eigenvalue weighted by atomic mass is 35.5. The Labute approximate surface area is 181 Å². The lowest BCUT2D eigenvalue weighted by Gasteiger charge is -2.32. The molecule has 0 saturated carbocycles. The summed E-state index contributed by atoms with van der Waals surface area (Å²) in [5.74, 6) is -0.644. The van der Waals surface area contributed by atoms with Crippen molar-refractivity contribution in [2.24, 2.45) is 5.92 Å². The van der Waals surface area contributed by atoms with E-state index < -0.39 is 15.9 Å². The molecule has 162 valence electrons. The van der Waals surface area contributed by atoms with E-state index in [9.17, 15) is 17.6 Å². The molecule has 0 spiro atoms. The van der Waals surface area contributed by atoms with Crippen molar-refractivity contribution < 1.29 is 22.3 Å². The number of methoxy groups -OCH3 is 1. The molecule has 2 atom stereocenters. The van der Waals surface area contributed by atoms with Crippen molar-refractivity contribution in [3.63, 3.8) is 0 Å². The van der Waals surface area contributed by atoms with Gasteiger partial charge in [0.2, 0.25) is 15.9 Å². The lowest BCUT2D eigenvalue weighted by Crippen LogP contribution is -2.45. The fourth-order valence-electron chi connectivity index (χ4n) is 3.50. The summed E-state index contributed by atoms with van der Waals surface area (Å²) in [7, 11) is -2.34. The van der Waals surface area contributed by atoms with Gasteiger partial charge < -0.3 is 10.1 Å². The second-order valence-corrected chi connectivity index (χ2v) is 9.63. The highest BCUT2D eigenvalue weighted by Crippen LogP contribution is 2.30. The quantitative estimate of drug-likeness (QED) is 0.721. The van der Waals surface area contributed by atoms with Gasteiger partial charge in [0.15, 0.2) is 0 Å². The lowest BCUT2D eigenvalue weighted by molar-refractivity contribution is -0.126. The van der Waals surface area contributed by atoms with Crippen LogP contribution in [0.3, 0.4) is 0 Å². The molecule has 2 aromatic carbocycles. The number of halogens is 2. The number of piperidine rings is 1. The molecule has 1 amide bonds. The Kier molecular flexibility index (Phi) is 7.00. The predicted octanol–water partition coefficient (Wildman–Crippen LogP) is 3.77. The molecule has 0 bridgehead atoms. The molecule has 1 saturated heterocycles. The first kappa shape index (κ1) is 22.5. The van der Waals surface area contributed by atoms with Crippen molar-refractivity contribution in [1.29, 1.82) is 0 Å². The minimum atomic E-state index is -3.79. The average Bonchev–Trinajstić information content (AvgIpc) is 2.74. The van der Waals surface area contributed by atoms with Crippen LogP contribution in [0.5, 0.6) is 5.75 Å². The van der Waals surface area contributed by atoms with Crippen LogP contribution in [0.25, 0.3) is 0 Å². The number of nitrogens with one attached hydrogen (secondary N) is 1. The Morgan fingerprint density at radius 2 is 1.97 bits per heavy atom. The molecule has 1 heterocycles. The van der Waals surface area contributed by atoms with Crippen molar-refractivity contribution in [2.45, 2.75) is 30.7 Å². The average molecular weight is 455 g/mol. The fourth-order valence-corrected chi connectivity index (χ4v) is 5.37. The smallest absolute Gasteiger partial charge is 0.243 e. The topological polar surface area (TPSA) is 75.7 Å². The number of sulfonamides is 1. The summed E-state index contributed by atoms with van der Waals surface area (Å²) in [6.45, 7) is 2.24. The molecule has 1 aliphatic heterocycles. The molecule has 1 N–H and O–H groups in total. The number of benzene rings is 2. The highest BCUT2D eigenvalue weighted by Gasteiger charge is 2.34. The van der Waals surface area contributed by atoms with E-state index in [4.69, 9.17) is 16.3 Å². The standard InChI is InChI=1S/C21H24ClFN2O4S/c1-14(15-5-7-17(23)8-6-15)24-21(26)16-4-3-11-25(13-16)30(27,28)18-9-10-20(29-2)19(22)12-18/h5-10,12,14,16H,3-4,11,13H2,1-2H3,(H,24,26). The van der Waals surface area contributed by atoms with Crippen molar-refractivity contribution in [3.8, 4) is 5.75 Å². The van der Waals surface area contributed by atoms with Gasteiger partial charge in [-0.1, -0.05) is 23.7 Å². The first-order valence-electron chi connectivity index (χ1n) is 9.62. The molecule has 6 nitrogen and oxygen atoms in total. The predicted molar refractivity (Wildman–Crippen MR) is 112 cm³/mol. The zero-order chi connectivity index (χ0) is 21.9. The number of carbonyl (C=O) groups is 1. The maximum absolute atomic E-state index is 13.1. The molecular weight excluding hydrogens is 431 g/mol. The highest BCUT2D eigenvalue weighted by molar-refractivity contribution is 7.89. The third kappa shape index (κ3) is 4.94. The molecule has 0 radical (unpaired) electrons. The second-order valence-electron chi connectivity index (χ2n) is 7.28. The van der Waals surface area contributed by atoms with Crippen LogP contribution in [-0.2, 0) is 14.8 Å². The molecule has 3 rings (SSSR count). The van der Waals surface area contributed by atoms with Crippen LogP contribution in [0.4, 0.5) is 4.39 Å². The van der Waals surface area contributed by atoms with Gasteiger partial charge in [-0.2, -0.15) is 4.31 Å². The van der Waals surface area contributed by atoms with Gasteiger partial charge in [0.05, 0.1) is 29.0 Å². The van der Waals surface area contributed by atoms with E-state index in [-0.39, 0.29) is 34.2 Å². The number of nitrogens with zero attached hydrogens (tertiary/aromatic N) is 1. The van der Waals surface area contributed by atoms with E-state index in [1.807, 2.05) is 6.92 Å². The summed E-state index contributed by atoms with van der Waals surface area (Å²) < 4.78 is 45.6. The Balaban J connectivity index is 1.70. The Bertz CT molecular complexity index is 1010. The number of rotatable bonds is 6. The Hall–Kier alpha value is -2.16. The maximum Gasteiger partial charge on any atom is 0.243 e. The van der Waals surface area contributed by atoms with Gasteiger partial charge in [-0.3, -0.25) is 4.79 Å². The molecule has 2 aromatic rings. The number of hydrogen-bond donors (Lipinski definition) is 1. The molecule has 1 fully saturated rings. The van der Waals surface area contributed by atoms with E-state index in [0.717, 1.165) is 5.56 Å². The minimum Gasteiger partial charge on any atom is -0.495 e. The summed E-state index contributed by atoms with van der Waals surface area (Å²) in [6, 6.07) is 9.91. The molecule has 0 aliphatic carbocycles. The Morgan fingerprint density at radius 1 is 1.27 bits per heavy atom. The van der Waals surface area contributed by atoms with Gasteiger partial charge in [0.1, 0.15) is 11.6 Å². The second kappa shape index (κ2) is 9.32. The number of amides is 1. The van der Waals surface area contributed by atoms with Crippen LogP contribution in [0.15, 0.2) is 47.4 Å². The fraction of sp³-hybridized carbons (Fsp3) is 0.381. The zero-order valence-electron chi connectivity index (χ0n) is 16.8. The monoisotopic (exact) mass is 454 g/mol. The summed E-state index contributed by atoms with van der Waals surface area (Å²) in [6.07, 6.45) is 1.17. The third-order valence-corrected chi connectivity index (χ3v) is 7.40. The van der Waals surface area contributed by atoms with E-state index in [2.05, 4.69) is 5.32 Å². The molecule has 1 aliphatic rings. The van der Waals surface area contributed by atoms with Gasteiger partial charge in [0, 0.05) is 13.1 Å². The van der Waals surface area contributed by atoms with Gasteiger partial charge in [0.25, 0.3) is 0 Å². The first-order valence-corrected chi connectivity index (χ1v) is 11.4. The summed E-state index contributed by atoms with van der Waals surface area (Å²) in [4.78, 5) is 12.8. The van der Waals surface area contributed by atoms with Gasteiger partial charge >= 0.3 is 0 Å². The van der Waals surface area contributed by atoms with E-state index in [1.54, 1.807) is 12.1 Å². The summed E-state index contributed by atoms with van der Waals surface area (Å²) in [5, 5.41) is 3.11. The van der Waals surface area contributed by atoms with Crippen LogP contribution in [-0.4, -0.2) is 38.8 Å². The number of hydrogen-bond acceptors (Lipinski definition) is 4.